The Morgan fingerprint density at radius 3 is 1.48 bits per heavy atom. The molecule has 0 saturated carbocycles. The normalized spacial score (nSPS) is 10.0. The molecule has 2 aromatic carbocycles. The number of aromatic nitrogens is 6. The molecule has 111 valence electrons. The van der Waals surface area contributed by atoms with Crippen LogP contribution in [0, 0.1) is 0 Å². The van der Waals surface area contributed by atoms with E-state index in [9.17, 15) is 0 Å². The van der Waals surface area contributed by atoms with Crippen molar-refractivity contribution in [1.29, 1.82) is 0 Å². The monoisotopic (exact) mass is 369 g/mol. The fourth-order valence-electron chi connectivity index (χ4n) is 1.67. The molecule has 6 nitrogen and oxygen atoms in total. The summed E-state index contributed by atoms with van der Waals surface area (Å²) in [7, 11) is 0. The van der Waals surface area contributed by atoms with Crippen molar-refractivity contribution in [2.75, 3.05) is 0 Å². The minimum absolute atomic E-state index is 0. The maximum atomic E-state index is 5.78. The number of H-pyrrole nitrogens is 2. The predicted molar refractivity (Wildman–Crippen MR) is 77.8 cm³/mol. The van der Waals surface area contributed by atoms with Gasteiger partial charge >= 0.3 is 0 Å². The van der Waals surface area contributed by atoms with Crippen molar-refractivity contribution in [3.05, 3.63) is 46.4 Å². The summed E-state index contributed by atoms with van der Waals surface area (Å²) in [6, 6.07) is 11.0. The van der Waals surface area contributed by atoms with Crippen LogP contribution >= 0.6 is 23.2 Å². The molecule has 2 heterocycles. The Hall–Kier alpha value is -1.66. The first-order valence-electron chi connectivity index (χ1n) is 5.65. The topological polar surface area (TPSA) is 83.1 Å². The van der Waals surface area contributed by atoms with Gasteiger partial charge in [-0.1, -0.05) is 35.3 Å². The average Bonchev–Trinajstić information content (AvgIpc) is 3.08. The molecule has 0 bridgehead atoms. The minimum Gasteiger partial charge on any atom is -0.197 e. The largest absolute Gasteiger partial charge is 0.197 e. The van der Waals surface area contributed by atoms with E-state index in [0.717, 1.165) is 22.1 Å². The molecule has 0 aliphatic heterocycles. The molecule has 1 radical (unpaired) electrons. The third kappa shape index (κ3) is 3.33. The van der Waals surface area contributed by atoms with E-state index in [2.05, 4.69) is 30.8 Å². The van der Waals surface area contributed by atoms with Gasteiger partial charge in [0.2, 0.25) is 0 Å². The Labute approximate surface area is 139 Å². The Kier molecular flexibility index (Phi) is 5.14. The zero-order valence-corrected chi connectivity index (χ0v) is 12.8. The van der Waals surface area contributed by atoms with E-state index in [-0.39, 0.29) is 17.1 Å². The van der Waals surface area contributed by atoms with Gasteiger partial charge in [0.15, 0.2) is 0 Å². The first-order chi connectivity index (χ1) is 9.75. The predicted octanol–water partition coefficient (Wildman–Crippen LogP) is 3.22. The van der Waals surface area contributed by atoms with Crippen molar-refractivity contribution in [2.45, 2.75) is 0 Å². The molecule has 2 N–H and O–H groups in total. The Balaban J connectivity index is 0.000000147. The van der Waals surface area contributed by atoms with Crippen LogP contribution in [0.3, 0.4) is 0 Å². The summed E-state index contributed by atoms with van der Waals surface area (Å²) in [6.07, 6.45) is 0. The minimum atomic E-state index is 0. The van der Waals surface area contributed by atoms with Crippen LogP contribution < -0.4 is 0 Å². The van der Waals surface area contributed by atoms with Gasteiger partial charge < -0.3 is 0 Å². The quantitative estimate of drug-likeness (QED) is 0.466. The van der Waals surface area contributed by atoms with Gasteiger partial charge in [0.1, 0.15) is 22.1 Å². The number of hydrogen-bond acceptors (Lipinski definition) is 4. The van der Waals surface area contributed by atoms with Gasteiger partial charge in [-0.05, 0) is 24.3 Å². The van der Waals surface area contributed by atoms with Crippen molar-refractivity contribution >= 4 is 45.3 Å². The second-order valence-electron chi connectivity index (χ2n) is 3.86. The molecule has 0 fully saturated rings. The van der Waals surface area contributed by atoms with Crippen LogP contribution in [0.25, 0.3) is 22.1 Å². The second kappa shape index (κ2) is 6.87. The number of hydrogen-bond donors (Lipinski definition) is 2. The molecule has 0 saturated heterocycles. The summed E-state index contributed by atoms with van der Waals surface area (Å²) in [5.74, 6) is 0. The van der Waals surface area contributed by atoms with Gasteiger partial charge in [0.05, 0.1) is 10.0 Å². The fraction of sp³-hybridized carbons (Fsp3) is 0. The van der Waals surface area contributed by atoms with Crippen LogP contribution in [0.4, 0.5) is 0 Å². The van der Waals surface area contributed by atoms with Gasteiger partial charge in [-0.3, -0.25) is 0 Å². The molecule has 21 heavy (non-hydrogen) atoms. The molecular weight excluding hydrogens is 363 g/mol. The third-order valence-corrected chi connectivity index (χ3v) is 3.21. The molecule has 0 unspecified atom stereocenters. The van der Waals surface area contributed by atoms with Crippen LogP contribution in [0.15, 0.2) is 36.4 Å². The van der Waals surface area contributed by atoms with Crippen molar-refractivity contribution in [3.8, 4) is 0 Å². The van der Waals surface area contributed by atoms with Crippen molar-refractivity contribution < 1.29 is 17.1 Å². The summed E-state index contributed by atoms with van der Waals surface area (Å²) in [6.45, 7) is 0. The summed E-state index contributed by atoms with van der Waals surface area (Å²) in [4.78, 5) is 0. The maximum absolute atomic E-state index is 5.78. The van der Waals surface area contributed by atoms with Gasteiger partial charge in [0.25, 0.3) is 0 Å². The number of aromatic amines is 2. The fourth-order valence-corrected chi connectivity index (χ4v) is 2.09. The number of rotatable bonds is 0. The number of halogens is 2. The smallest absolute Gasteiger partial charge is 0.131 e. The second-order valence-corrected chi connectivity index (χ2v) is 4.68. The summed E-state index contributed by atoms with van der Waals surface area (Å²) < 4.78 is 0. The maximum Gasteiger partial charge on any atom is 0.131 e. The van der Waals surface area contributed by atoms with Gasteiger partial charge in [-0.15, -0.1) is 0 Å². The molecule has 0 amide bonds. The zero-order chi connectivity index (χ0) is 13.9. The van der Waals surface area contributed by atoms with E-state index in [1.807, 2.05) is 24.3 Å². The molecule has 9 heteroatoms. The van der Waals surface area contributed by atoms with Crippen LogP contribution in [0.1, 0.15) is 0 Å². The third-order valence-electron chi connectivity index (χ3n) is 2.60. The Morgan fingerprint density at radius 2 is 1.10 bits per heavy atom. The van der Waals surface area contributed by atoms with Crippen molar-refractivity contribution in [2.24, 2.45) is 0 Å². The molecule has 0 atom stereocenters. The number of nitrogens with zero attached hydrogens (tertiary/aromatic N) is 4. The van der Waals surface area contributed by atoms with E-state index < -0.39 is 0 Å². The first kappa shape index (κ1) is 15.7. The van der Waals surface area contributed by atoms with E-state index in [0.29, 0.717) is 10.0 Å². The summed E-state index contributed by atoms with van der Waals surface area (Å²) in [5, 5.41) is 21.7. The average molecular weight is 371 g/mol. The summed E-state index contributed by atoms with van der Waals surface area (Å²) >= 11 is 11.6. The Morgan fingerprint density at radius 1 is 0.667 bits per heavy atom. The molecule has 0 aliphatic rings. The van der Waals surface area contributed by atoms with Crippen molar-refractivity contribution in [3.63, 3.8) is 0 Å². The van der Waals surface area contributed by atoms with Gasteiger partial charge in [-0.2, -0.15) is 30.8 Å². The van der Waals surface area contributed by atoms with E-state index >= 15 is 0 Å². The van der Waals surface area contributed by atoms with Crippen LogP contribution in [0.5, 0.6) is 0 Å². The van der Waals surface area contributed by atoms with Crippen LogP contribution in [-0.4, -0.2) is 30.8 Å². The Bertz CT molecular complexity index is 787. The van der Waals surface area contributed by atoms with E-state index in [1.165, 1.54) is 0 Å². The number of para-hydroxylation sites is 2. The number of nitrogens with one attached hydrogen (secondary N) is 2. The van der Waals surface area contributed by atoms with E-state index in [4.69, 9.17) is 23.2 Å². The van der Waals surface area contributed by atoms with Gasteiger partial charge in [0, 0.05) is 17.1 Å². The molecule has 0 spiro atoms. The molecule has 2 aromatic heterocycles. The molecule has 0 aliphatic carbocycles. The molecular formula is C12H8Cl2CuN6. The van der Waals surface area contributed by atoms with Crippen LogP contribution in [0.2, 0.25) is 10.0 Å². The summed E-state index contributed by atoms with van der Waals surface area (Å²) in [5.41, 5.74) is 3.05. The van der Waals surface area contributed by atoms with Gasteiger partial charge in [-0.25, -0.2) is 0 Å². The van der Waals surface area contributed by atoms with Crippen molar-refractivity contribution in [1.82, 2.24) is 30.8 Å². The number of fused-ring (bicyclic) bond motifs is 2. The molecule has 4 aromatic rings. The molecule has 4 rings (SSSR count). The number of benzene rings is 2. The standard InChI is InChI=1S/2C6H4ClN3.Cu/c2*7-4-2-1-3-5-6(4)9-10-8-5;/h2*1-3H,(H,8,9,10);. The first-order valence-corrected chi connectivity index (χ1v) is 6.41. The van der Waals surface area contributed by atoms with Crippen LogP contribution in [-0.2, 0) is 17.1 Å². The zero-order valence-electron chi connectivity index (χ0n) is 10.3. The van der Waals surface area contributed by atoms with E-state index in [1.54, 1.807) is 12.1 Å². The SMILES string of the molecule is Clc1cccc2n[nH]nc12.Clc1cccc2n[nH]nc12.[Cu].